The predicted octanol–water partition coefficient (Wildman–Crippen LogP) is 2.76. The third-order valence-electron chi connectivity index (χ3n) is 2.99. The van der Waals surface area contributed by atoms with Crippen molar-refractivity contribution in [3.63, 3.8) is 0 Å². The maximum absolute atomic E-state index is 13.3. The summed E-state index contributed by atoms with van der Waals surface area (Å²) in [5.74, 6) is -0.796. The van der Waals surface area contributed by atoms with Gasteiger partial charge in [0.1, 0.15) is 11.6 Å². The van der Waals surface area contributed by atoms with Gasteiger partial charge in [0, 0.05) is 11.6 Å². The molecule has 0 bridgehead atoms. The third-order valence-corrected chi connectivity index (χ3v) is 2.99. The minimum atomic E-state index is -0.524. The van der Waals surface area contributed by atoms with E-state index in [0.29, 0.717) is 0 Å². The molecule has 1 aliphatic carbocycles. The quantitative estimate of drug-likeness (QED) is 0.775. The molecule has 0 heterocycles. The normalized spacial score (nSPS) is 19.1. The monoisotopic (exact) mass is 197 g/mol. The smallest absolute Gasteiger partial charge is 0.130 e. The first kappa shape index (κ1) is 9.59. The van der Waals surface area contributed by atoms with Crippen LogP contribution >= 0.6 is 0 Å². The molecule has 0 radical (unpaired) electrons. The Hall–Kier alpha value is -0.960. The zero-order valence-corrected chi connectivity index (χ0v) is 7.84. The number of rotatable bonds is 2. The molecule has 0 aromatic heterocycles. The molecule has 14 heavy (non-hydrogen) atoms. The van der Waals surface area contributed by atoms with Gasteiger partial charge in [-0.1, -0.05) is 12.5 Å². The lowest BCUT2D eigenvalue weighted by molar-refractivity contribution is 0.256. The highest BCUT2D eigenvalue weighted by molar-refractivity contribution is 5.24. The number of hydrogen-bond donors (Lipinski definition) is 1. The van der Waals surface area contributed by atoms with E-state index in [-0.39, 0.29) is 11.5 Å². The molecule has 3 heteroatoms. The fourth-order valence-electron chi connectivity index (χ4n) is 1.86. The minimum Gasteiger partial charge on any atom is -0.324 e. The van der Waals surface area contributed by atoms with E-state index in [1.807, 2.05) is 0 Å². The highest BCUT2D eigenvalue weighted by Crippen LogP contribution is 2.37. The second-order valence-corrected chi connectivity index (χ2v) is 3.85. The summed E-state index contributed by atoms with van der Waals surface area (Å²) in [4.78, 5) is 0. The van der Waals surface area contributed by atoms with Gasteiger partial charge in [-0.2, -0.15) is 0 Å². The van der Waals surface area contributed by atoms with Gasteiger partial charge in [-0.05, 0) is 30.9 Å². The average molecular weight is 197 g/mol. The second kappa shape index (κ2) is 3.65. The van der Waals surface area contributed by atoms with Gasteiger partial charge in [-0.3, -0.25) is 0 Å². The van der Waals surface area contributed by atoms with Gasteiger partial charge in [0.15, 0.2) is 0 Å². The lowest BCUT2D eigenvalue weighted by atomic mass is 9.77. The van der Waals surface area contributed by atoms with E-state index < -0.39 is 17.7 Å². The maximum atomic E-state index is 13.3. The summed E-state index contributed by atoms with van der Waals surface area (Å²) in [6.07, 6.45) is 3.08. The van der Waals surface area contributed by atoms with Crippen molar-refractivity contribution in [2.45, 2.75) is 25.3 Å². The predicted molar refractivity (Wildman–Crippen MR) is 50.6 cm³/mol. The Kier molecular flexibility index (Phi) is 2.50. The molecule has 2 rings (SSSR count). The third kappa shape index (κ3) is 1.52. The largest absolute Gasteiger partial charge is 0.324 e. The highest BCUT2D eigenvalue weighted by atomic mass is 19.1. The second-order valence-electron chi connectivity index (χ2n) is 3.85. The van der Waals surface area contributed by atoms with Crippen molar-refractivity contribution in [2.75, 3.05) is 0 Å². The Morgan fingerprint density at radius 2 is 1.79 bits per heavy atom. The summed E-state index contributed by atoms with van der Waals surface area (Å²) in [5.41, 5.74) is 5.87. The zero-order chi connectivity index (χ0) is 10.1. The van der Waals surface area contributed by atoms with Crippen molar-refractivity contribution in [1.29, 1.82) is 0 Å². The molecule has 1 atom stereocenters. The van der Waals surface area contributed by atoms with E-state index in [1.165, 1.54) is 18.2 Å². The standard InChI is InChI=1S/C11H13F2N/c12-8-5-2-6-9(13)10(8)11(14)7-3-1-4-7/h2,5-7,11H,1,3-4,14H2. The van der Waals surface area contributed by atoms with Crippen LogP contribution in [0.15, 0.2) is 18.2 Å². The van der Waals surface area contributed by atoms with Crippen molar-refractivity contribution in [2.24, 2.45) is 11.7 Å². The van der Waals surface area contributed by atoms with Crippen molar-refractivity contribution < 1.29 is 8.78 Å². The van der Waals surface area contributed by atoms with Crippen LogP contribution in [0.3, 0.4) is 0 Å². The first-order valence-electron chi connectivity index (χ1n) is 4.89. The van der Waals surface area contributed by atoms with Crippen molar-refractivity contribution in [1.82, 2.24) is 0 Å². The zero-order valence-electron chi connectivity index (χ0n) is 7.84. The molecule has 1 aromatic rings. The topological polar surface area (TPSA) is 26.0 Å². The lowest BCUT2D eigenvalue weighted by Gasteiger charge is -2.31. The first-order chi connectivity index (χ1) is 6.70. The SMILES string of the molecule is NC(c1c(F)cccc1F)C1CCC1. The fraction of sp³-hybridized carbons (Fsp3) is 0.455. The summed E-state index contributed by atoms with van der Waals surface area (Å²) >= 11 is 0. The molecule has 0 spiro atoms. The van der Waals surface area contributed by atoms with Gasteiger partial charge in [0.05, 0.1) is 0 Å². The molecule has 0 amide bonds. The fourth-order valence-corrected chi connectivity index (χ4v) is 1.86. The van der Waals surface area contributed by atoms with Gasteiger partial charge in [-0.15, -0.1) is 0 Å². The molecule has 1 aromatic carbocycles. The van der Waals surface area contributed by atoms with Gasteiger partial charge in [0.2, 0.25) is 0 Å². The summed E-state index contributed by atoms with van der Waals surface area (Å²) < 4.78 is 26.6. The number of nitrogens with two attached hydrogens (primary N) is 1. The molecule has 2 N–H and O–H groups in total. The first-order valence-corrected chi connectivity index (χ1v) is 4.89. The van der Waals surface area contributed by atoms with Crippen LogP contribution in [-0.2, 0) is 0 Å². The van der Waals surface area contributed by atoms with Gasteiger partial charge < -0.3 is 5.73 Å². The van der Waals surface area contributed by atoms with E-state index in [0.717, 1.165) is 19.3 Å². The number of hydrogen-bond acceptors (Lipinski definition) is 1. The molecular weight excluding hydrogens is 184 g/mol. The molecule has 1 fully saturated rings. The molecule has 1 saturated carbocycles. The lowest BCUT2D eigenvalue weighted by Crippen LogP contribution is -2.28. The highest BCUT2D eigenvalue weighted by Gasteiger charge is 2.29. The van der Waals surface area contributed by atoms with E-state index in [2.05, 4.69) is 0 Å². The Labute approximate surface area is 81.9 Å². The number of benzene rings is 1. The van der Waals surface area contributed by atoms with Gasteiger partial charge >= 0.3 is 0 Å². The molecule has 76 valence electrons. The molecule has 1 nitrogen and oxygen atoms in total. The van der Waals surface area contributed by atoms with E-state index >= 15 is 0 Å². The van der Waals surface area contributed by atoms with Crippen LogP contribution in [0.1, 0.15) is 30.9 Å². The summed E-state index contributed by atoms with van der Waals surface area (Å²) in [5, 5.41) is 0. The Balaban J connectivity index is 2.29. The molecule has 0 saturated heterocycles. The minimum absolute atomic E-state index is 0.0530. The van der Waals surface area contributed by atoms with Crippen LogP contribution in [0.25, 0.3) is 0 Å². The Morgan fingerprint density at radius 1 is 1.21 bits per heavy atom. The van der Waals surface area contributed by atoms with Crippen LogP contribution < -0.4 is 5.73 Å². The van der Waals surface area contributed by atoms with E-state index in [4.69, 9.17) is 5.73 Å². The molecular formula is C11H13F2N. The van der Waals surface area contributed by atoms with Gasteiger partial charge in [-0.25, -0.2) is 8.78 Å². The van der Waals surface area contributed by atoms with Crippen LogP contribution in [-0.4, -0.2) is 0 Å². The van der Waals surface area contributed by atoms with Gasteiger partial charge in [0.25, 0.3) is 0 Å². The van der Waals surface area contributed by atoms with Crippen molar-refractivity contribution in [3.05, 3.63) is 35.4 Å². The summed E-state index contributed by atoms with van der Waals surface area (Å²) in [6.45, 7) is 0. The van der Waals surface area contributed by atoms with Crippen LogP contribution in [0.2, 0.25) is 0 Å². The van der Waals surface area contributed by atoms with Crippen molar-refractivity contribution in [3.8, 4) is 0 Å². The Bertz CT molecular complexity index is 314. The molecule has 1 aliphatic rings. The van der Waals surface area contributed by atoms with Crippen molar-refractivity contribution >= 4 is 0 Å². The molecule has 0 aliphatic heterocycles. The van der Waals surface area contributed by atoms with E-state index in [1.54, 1.807) is 0 Å². The van der Waals surface area contributed by atoms with Crippen LogP contribution in [0.4, 0.5) is 8.78 Å². The van der Waals surface area contributed by atoms with Crippen LogP contribution in [0, 0.1) is 17.6 Å². The average Bonchev–Trinajstić information content (AvgIpc) is 2.00. The van der Waals surface area contributed by atoms with Crippen LogP contribution in [0.5, 0.6) is 0 Å². The molecule has 1 unspecified atom stereocenters. The number of halogens is 2. The Morgan fingerprint density at radius 3 is 2.21 bits per heavy atom. The summed E-state index contributed by atoms with van der Waals surface area (Å²) in [6, 6.07) is 3.40. The van der Waals surface area contributed by atoms with E-state index in [9.17, 15) is 8.78 Å². The maximum Gasteiger partial charge on any atom is 0.130 e. The summed E-state index contributed by atoms with van der Waals surface area (Å²) in [7, 11) is 0.